The standard InChI is InChI=1S/C32H31BrN6O/c33-27-17-25(19-38(21-28-9-1-5-13-34-28)22-29-10-2-6-14-35-29)32(40)26(18-27)20-39(23-30-11-3-7-15-36-30)24-31-12-4-8-16-37-31/h1-18,40H,19-24H2. The van der Waals surface area contributed by atoms with Crippen LogP contribution in [0.1, 0.15) is 33.9 Å². The van der Waals surface area contributed by atoms with E-state index in [9.17, 15) is 5.11 Å². The summed E-state index contributed by atoms with van der Waals surface area (Å²) < 4.78 is 0.918. The van der Waals surface area contributed by atoms with Crippen LogP contribution < -0.4 is 0 Å². The molecule has 0 aliphatic heterocycles. The summed E-state index contributed by atoms with van der Waals surface area (Å²) in [4.78, 5) is 22.6. The van der Waals surface area contributed by atoms with Crippen LogP contribution in [0.15, 0.2) is 114 Å². The van der Waals surface area contributed by atoms with E-state index in [4.69, 9.17) is 0 Å². The molecule has 0 aliphatic rings. The lowest BCUT2D eigenvalue weighted by Crippen LogP contribution is -2.25. The van der Waals surface area contributed by atoms with Gasteiger partial charge in [0.2, 0.25) is 0 Å². The van der Waals surface area contributed by atoms with Crippen LogP contribution in [0.3, 0.4) is 0 Å². The average Bonchev–Trinajstić information content (AvgIpc) is 2.97. The number of hydrogen-bond acceptors (Lipinski definition) is 7. The smallest absolute Gasteiger partial charge is 0.124 e. The van der Waals surface area contributed by atoms with Gasteiger partial charge in [0.25, 0.3) is 0 Å². The number of phenols is 1. The van der Waals surface area contributed by atoms with E-state index < -0.39 is 0 Å². The summed E-state index contributed by atoms with van der Waals surface area (Å²) in [6.07, 6.45) is 7.23. The van der Waals surface area contributed by atoms with Gasteiger partial charge in [-0.3, -0.25) is 29.7 Å². The third kappa shape index (κ3) is 8.02. The fourth-order valence-electron chi connectivity index (χ4n) is 4.66. The Balaban J connectivity index is 1.40. The van der Waals surface area contributed by atoms with Gasteiger partial charge < -0.3 is 5.11 Å². The number of benzene rings is 1. The Hall–Kier alpha value is -3.98. The molecule has 4 aromatic heterocycles. The highest BCUT2D eigenvalue weighted by Gasteiger charge is 2.18. The van der Waals surface area contributed by atoms with Crippen molar-refractivity contribution < 1.29 is 5.11 Å². The Morgan fingerprint density at radius 1 is 0.500 bits per heavy atom. The lowest BCUT2D eigenvalue weighted by molar-refractivity contribution is 0.231. The van der Waals surface area contributed by atoms with Gasteiger partial charge in [-0.15, -0.1) is 0 Å². The van der Waals surface area contributed by atoms with Crippen molar-refractivity contribution in [2.24, 2.45) is 0 Å². The van der Waals surface area contributed by atoms with Crippen LogP contribution in [0.2, 0.25) is 0 Å². The highest BCUT2D eigenvalue weighted by Crippen LogP contribution is 2.31. The maximum atomic E-state index is 11.5. The normalized spacial score (nSPS) is 11.3. The number of halogens is 1. The second-order valence-electron chi connectivity index (χ2n) is 9.65. The minimum Gasteiger partial charge on any atom is -0.507 e. The molecule has 0 bridgehead atoms. The van der Waals surface area contributed by atoms with Crippen molar-refractivity contribution in [3.8, 4) is 5.75 Å². The zero-order chi connectivity index (χ0) is 27.6. The van der Waals surface area contributed by atoms with Gasteiger partial charge >= 0.3 is 0 Å². The van der Waals surface area contributed by atoms with E-state index >= 15 is 0 Å². The first kappa shape index (κ1) is 27.6. The molecule has 40 heavy (non-hydrogen) atoms. The number of aromatic hydroxyl groups is 1. The fourth-order valence-corrected chi connectivity index (χ4v) is 5.21. The molecule has 202 valence electrons. The molecular weight excluding hydrogens is 564 g/mol. The van der Waals surface area contributed by atoms with Crippen LogP contribution in [0.5, 0.6) is 5.75 Å². The molecule has 0 atom stereocenters. The molecule has 5 aromatic rings. The number of rotatable bonds is 12. The molecule has 0 saturated carbocycles. The van der Waals surface area contributed by atoms with E-state index in [-0.39, 0.29) is 0 Å². The SMILES string of the molecule is Oc1c(CN(Cc2ccccn2)Cc2ccccn2)cc(Br)cc1CN(Cc1ccccn1)Cc1ccccn1. The summed E-state index contributed by atoms with van der Waals surface area (Å²) in [7, 11) is 0. The fraction of sp³-hybridized carbons (Fsp3) is 0.188. The first-order valence-electron chi connectivity index (χ1n) is 13.2. The van der Waals surface area contributed by atoms with E-state index in [0.29, 0.717) is 45.0 Å². The highest BCUT2D eigenvalue weighted by atomic mass is 79.9. The van der Waals surface area contributed by atoms with E-state index in [1.54, 1.807) is 24.8 Å². The van der Waals surface area contributed by atoms with Gasteiger partial charge in [-0.1, -0.05) is 40.2 Å². The minimum atomic E-state index is 0.294. The topological polar surface area (TPSA) is 78.3 Å². The lowest BCUT2D eigenvalue weighted by Gasteiger charge is -2.25. The molecule has 1 N–H and O–H groups in total. The predicted molar refractivity (Wildman–Crippen MR) is 159 cm³/mol. The number of aromatic nitrogens is 4. The number of nitrogens with zero attached hydrogens (tertiary/aromatic N) is 6. The molecule has 0 amide bonds. The average molecular weight is 596 g/mol. The van der Waals surface area contributed by atoms with Crippen molar-refractivity contribution in [3.05, 3.63) is 148 Å². The molecule has 0 spiro atoms. The molecule has 7 nitrogen and oxygen atoms in total. The largest absolute Gasteiger partial charge is 0.507 e. The summed E-state index contributed by atoms with van der Waals surface area (Å²) in [5.41, 5.74) is 5.53. The van der Waals surface area contributed by atoms with Crippen LogP contribution >= 0.6 is 15.9 Å². The van der Waals surface area contributed by atoms with Crippen LogP contribution in [0, 0.1) is 0 Å². The summed E-state index contributed by atoms with van der Waals surface area (Å²) in [6, 6.07) is 27.7. The maximum absolute atomic E-state index is 11.5. The Bertz CT molecular complexity index is 1280. The molecule has 0 aliphatic carbocycles. The summed E-state index contributed by atoms with van der Waals surface area (Å²) in [6.45, 7) is 3.58. The minimum absolute atomic E-state index is 0.294. The third-order valence-electron chi connectivity index (χ3n) is 6.47. The van der Waals surface area contributed by atoms with Crippen molar-refractivity contribution in [2.45, 2.75) is 39.3 Å². The van der Waals surface area contributed by atoms with E-state index in [1.807, 2.05) is 84.9 Å². The van der Waals surface area contributed by atoms with E-state index in [2.05, 4.69) is 45.7 Å². The molecular formula is C32H31BrN6O. The van der Waals surface area contributed by atoms with E-state index in [0.717, 1.165) is 38.4 Å². The second kappa shape index (κ2) is 13.9. The van der Waals surface area contributed by atoms with Crippen molar-refractivity contribution in [1.82, 2.24) is 29.7 Å². The van der Waals surface area contributed by atoms with Crippen molar-refractivity contribution in [1.29, 1.82) is 0 Å². The molecule has 0 unspecified atom stereocenters. The first-order valence-corrected chi connectivity index (χ1v) is 14.0. The summed E-state index contributed by atoms with van der Waals surface area (Å²) in [5, 5.41) is 11.5. The van der Waals surface area contributed by atoms with Gasteiger partial charge in [0.1, 0.15) is 5.75 Å². The Labute approximate surface area is 243 Å². The zero-order valence-electron chi connectivity index (χ0n) is 22.1. The van der Waals surface area contributed by atoms with E-state index in [1.165, 1.54) is 0 Å². The molecule has 0 saturated heterocycles. The molecule has 5 rings (SSSR count). The maximum Gasteiger partial charge on any atom is 0.124 e. The van der Waals surface area contributed by atoms with Crippen LogP contribution in [0.25, 0.3) is 0 Å². The molecule has 1 aromatic carbocycles. The third-order valence-corrected chi connectivity index (χ3v) is 6.93. The number of hydrogen-bond donors (Lipinski definition) is 1. The van der Waals surface area contributed by atoms with Crippen molar-refractivity contribution in [3.63, 3.8) is 0 Å². The van der Waals surface area contributed by atoms with Gasteiger partial charge in [-0.2, -0.15) is 0 Å². The van der Waals surface area contributed by atoms with Crippen LogP contribution in [-0.4, -0.2) is 34.8 Å². The number of phenolic OH excluding ortho intramolecular Hbond substituents is 1. The second-order valence-corrected chi connectivity index (χ2v) is 10.6. The van der Waals surface area contributed by atoms with Gasteiger partial charge in [0.15, 0.2) is 0 Å². The van der Waals surface area contributed by atoms with Crippen LogP contribution in [-0.2, 0) is 39.3 Å². The zero-order valence-corrected chi connectivity index (χ0v) is 23.7. The van der Waals surface area contributed by atoms with Crippen molar-refractivity contribution >= 4 is 15.9 Å². The molecule has 8 heteroatoms. The first-order chi connectivity index (χ1) is 19.6. The summed E-state index contributed by atoms with van der Waals surface area (Å²) >= 11 is 3.70. The Morgan fingerprint density at radius 3 is 1.10 bits per heavy atom. The van der Waals surface area contributed by atoms with Gasteiger partial charge in [0, 0.05) is 79.7 Å². The van der Waals surface area contributed by atoms with Crippen LogP contribution in [0.4, 0.5) is 0 Å². The molecule has 0 radical (unpaired) electrons. The van der Waals surface area contributed by atoms with Crippen molar-refractivity contribution in [2.75, 3.05) is 0 Å². The van der Waals surface area contributed by atoms with Gasteiger partial charge in [-0.25, -0.2) is 0 Å². The molecule has 4 heterocycles. The summed E-state index contributed by atoms with van der Waals surface area (Å²) in [5.74, 6) is 0.294. The van der Waals surface area contributed by atoms with Gasteiger partial charge in [0.05, 0.1) is 22.8 Å². The quantitative estimate of drug-likeness (QED) is 0.186. The highest BCUT2D eigenvalue weighted by molar-refractivity contribution is 9.10. The number of pyridine rings is 4. The lowest BCUT2D eigenvalue weighted by atomic mass is 10.1. The molecule has 0 fully saturated rings. The van der Waals surface area contributed by atoms with Gasteiger partial charge in [-0.05, 0) is 60.7 Å². The monoisotopic (exact) mass is 594 g/mol. The Kier molecular flexibility index (Phi) is 9.58. The predicted octanol–water partition coefficient (Wildman–Crippen LogP) is 6.14. The Morgan fingerprint density at radius 2 is 0.825 bits per heavy atom.